The summed E-state index contributed by atoms with van der Waals surface area (Å²) in [5, 5.41) is 3.07. The lowest BCUT2D eigenvalue weighted by Gasteiger charge is -2.21. The third-order valence-corrected chi connectivity index (χ3v) is 4.31. The Morgan fingerprint density at radius 3 is 2.54 bits per heavy atom. The molecule has 1 amide bonds. The number of para-hydroxylation sites is 2. The lowest BCUT2D eigenvalue weighted by atomic mass is 10.0. The molecule has 26 heavy (non-hydrogen) atoms. The van der Waals surface area contributed by atoms with E-state index in [1.165, 1.54) is 7.11 Å². The third-order valence-electron chi connectivity index (χ3n) is 4.31. The summed E-state index contributed by atoms with van der Waals surface area (Å²) in [5.74, 6) is 1.74. The van der Waals surface area contributed by atoms with Crippen molar-refractivity contribution in [1.82, 2.24) is 15.3 Å². The van der Waals surface area contributed by atoms with Crippen LogP contribution in [-0.2, 0) is 0 Å². The van der Waals surface area contributed by atoms with Crippen molar-refractivity contribution in [1.29, 1.82) is 0 Å². The average Bonchev–Trinajstić information content (AvgIpc) is 3.08. The number of nitrogens with zero attached hydrogens (tertiary/aromatic N) is 1. The van der Waals surface area contributed by atoms with Gasteiger partial charge in [0.25, 0.3) is 5.91 Å². The smallest absolute Gasteiger partial charge is 0.255 e. The van der Waals surface area contributed by atoms with Gasteiger partial charge in [0.05, 0.1) is 36.9 Å². The highest BCUT2D eigenvalue weighted by Gasteiger charge is 2.24. The molecule has 0 fully saturated rings. The van der Waals surface area contributed by atoms with Crippen molar-refractivity contribution in [3.63, 3.8) is 0 Å². The van der Waals surface area contributed by atoms with Crippen molar-refractivity contribution in [2.24, 2.45) is 5.92 Å². The van der Waals surface area contributed by atoms with E-state index in [1.54, 1.807) is 25.3 Å². The van der Waals surface area contributed by atoms with Crippen LogP contribution in [-0.4, -0.2) is 30.1 Å². The Kier molecular flexibility index (Phi) is 5.11. The van der Waals surface area contributed by atoms with E-state index in [0.717, 1.165) is 16.9 Å². The first-order valence-electron chi connectivity index (χ1n) is 8.51. The lowest BCUT2D eigenvalue weighted by Crippen LogP contribution is -2.32. The zero-order valence-corrected chi connectivity index (χ0v) is 15.4. The molecular formula is C20H23N3O3. The molecule has 3 aromatic rings. The second-order valence-electron chi connectivity index (χ2n) is 6.40. The molecule has 0 saturated heterocycles. The number of hydrogen-bond donors (Lipinski definition) is 2. The van der Waals surface area contributed by atoms with Crippen molar-refractivity contribution >= 4 is 16.9 Å². The molecule has 1 unspecified atom stereocenters. The van der Waals surface area contributed by atoms with Crippen LogP contribution in [0.25, 0.3) is 11.0 Å². The standard InChI is InChI=1S/C20H23N3O3/c1-12(2)18(19-21-15-7-5-6-8-16(15)22-19)23-20(24)14-11-13(25-3)9-10-17(14)26-4/h5-12,18H,1-4H3,(H,21,22)(H,23,24). The van der Waals surface area contributed by atoms with Gasteiger partial charge >= 0.3 is 0 Å². The fraction of sp³-hybridized carbons (Fsp3) is 0.300. The Morgan fingerprint density at radius 2 is 1.88 bits per heavy atom. The van der Waals surface area contributed by atoms with Gasteiger partial charge in [0, 0.05) is 0 Å². The topological polar surface area (TPSA) is 76.2 Å². The summed E-state index contributed by atoms with van der Waals surface area (Å²) in [6, 6.07) is 12.7. The van der Waals surface area contributed by atoms with E-state index in [2.05, 4.69) is 15.3 Å². The molecule has 0 radical (unpaired) electrons. The Hall–Kier alpha value is -3.02. The number of benzene rings is 2. The first-order chi connectivity index (χ1) is 12.5. The van der Waals surface area contributed by atoms with E-state index in [4.69, 9.17) is 9.47 Å². The van der Waals surface area contributed by atoms with Crippen molar-refractivity contribution < 1.29 is 14.3 Å². The van der Waals surface area contributed by atoms with E-state index < -0.39 is 0 Å². The molecule has 1 aromatic heterocycles. The summed E-state index contributed by atoms with van der Waals surface area (Å²) in [6.07, 6.45) is 0. The second-order valence-corrected chi connectivity index (χ2v) is 6.40. The number of rotatable bonds is 6. The maximum Gasteiger partial charge on any atom is 0.255 e. The number of aromatic nitrogens is 2. The Labute approximate surface area is 152 Å². The van der Waals surface area contributed by atoms with E-state index in [0.29, 0.717) is 17.1 Å². The molecule has 2 N–H and O–H groups in total. The van der Waals surface area contributed by atoms with E-state index in [-0.39, 0.29) is 17.9 Å². The van der Waals surface area contributed by atoms with Gasteiger partial charge in [-0.15, -0.1) is 0 Å². The van der Waals surface area contributed by atoms with Crippen LogP contribution in [0.1, 0.15) is 36.1 Å². The van der Waals surface area contributed by atoms with E-state index in [1.807, 2.05) is 38.1 Å². The monoisotopic (exact) mass is 353 g/mol. The largest absolute Gasteiger partial charge is 0.497 e. The van der Waals surface area contributed by atoms with Gasteiger partial charge in [-0.2, -0.15) is 0 Å². The second kappa shape index (κ2) is 7.47. The van der Waals surface area contributed by atoms with Crippen LogP contribution in [0, 0.1) is 5.92 Å². The Bertz CT molecular complexity index is 885. The molecule has 136 valence electrons. The molecule has 6 nitrogen and oxygen atoms in total. The number of ether oxygens (including phenoxy) is 2. The van der Waals surface area contributed by atoms with Gasteiger partial charge in [0.15, 0.2) is 0 Å². The summed E-state index contributed by atoms with van der Waals surface area (Å²) in [4.78, 5) is 20.8. The molecule has 0 aliphatic carbocycles. The minimum absolute atomic E-state index is 0.149. The number of aromatic amines is 1. The summed E-state index contributed by atoms with van der Waals surface area (Å²) in [6.45, 7) is 4.09. The first kappa shape index (κ1) is 17.8. The fourth-order valence-electron chi connectivity index (χ4n) is 2.88. The van der Waals surface area contributed by atoms with Crippen molar-refractivity contribution in [3.8, 4) is 11.5 Å². The molecule has 0 aliphatic rings. The van der Waals surface area contributed by atoms with E-state index in [9.17, 15) is 4.79 Å². The highest BCUT2D eigenvalue weighted by Crippen LogP contribution is 2.27. The van der Waals surface area contributed by atoms with Crippen LogP contribution in [0.2, 0.25) is 0 Å². The highest BCUT2D eigenvalue weighted by molar-refractivity contribution is 5.97. The molecule has 1 atom stereocenters. The SMILES string of the molecule is COc1ccc(OC)c(C(=O)NC(c2nc3ccccc3[nH]2)C(C)C)c1. The number of H-pyrrole nitrogens is 1. The van der Waals surface area contributed by atoms with Crippen LogP contribution < -0.4 is 14.8 Å². The lowest BCUT2D eigenvalue weighted by molar-refractivity contribution is 0.0920. The van der Waals surface area contributed by atoms with Crippen molar-refractivity contribution in [2.75, 3.05) is 14.2 Å². The summed E-state index contributed by atoms with van der Waals surface area (Å²) in [7, 11) is 3.10. The first-order valence-corrected chi connectivity index (χ1v) is 8.51. The zero-order valence-electron chi connectivity index (χ0n) is 15.4. The van der Waals surface area contributed by atoms with Crippen molar-refractivity contribution in [3.05, 3.63) is 53.9 Å². The van der Waals surface area contributed by atoms with Gasteiger partial charge in [0.2, 0.25) is 0 Å². The molecule has 0 bridgehead atoms. The molecule has 0 saturated carbocycles. The average molecular weight is 353 g/mol. The third kappa shape index (κ3) is 3.49. The number of nitrogens with one attached hydrogen (secondary N) is 2. The minimum atomic E-state index is -0.259. The highest BCUT2D eigenvalue weighted by atomic mass is 16.5. The quantitative estimate of drug-likeness (QED) is 0.708. The molecule has 6 heteroatoms. The molecule has 1 heterocycles. The van der Waals surface area contributed by atoms with Crippen LogP contribution >= 0.6 is 0 Å². The molecule has 0 aliphatic heterocycles. The van der Waals surface area contributed by atoms with Crippen LogP contribution in [0.5, 0.6) is 11.5 Å². The van der Waals surface area contributed by atoms with Gasteiger partial charge in [0.1, 0.15) is 17.3 Å². The normalized spacial score (nSPS) is 12.2. The van der Waals surface area contributed by atoms with Gasteiger partial charge in [-0.1, -0.05) is 26.0 Å². The van der Waals surface area contributed by atoms with Crippen LogP contribution in [0.4, 0.5) is 0 Å². The zero-order chi connectivity index (χ0) is 18.7. The van der Waals surface area contributed by atoms with Gasteiger partial charge in [-0.05, 0) is 36.2 Å². The Morgan fingerprint density at radius 1 is 1.12 bits per heavy atom. The van der Waals surface area contributed by atoms with Crippen LogP contribution in [0.3, 0.4) is 0 Å². The number of carbonyl (C=O) groups excluding carboxylic acids is 1. The molecular weight excluding hydrogens is 330 g/mol. The van der Waals surface area contributed by atoms with Crippen molar-refractivity contribution in [2.45, 2.75) is 19.9 Å². The summed E-state index contributed by atoms with van der Waals surface area (Å²) < 4.78 is 10.5. The Balaban J connectivity index is 1.92. The number of imidazole rings is 1. The maximum atomic E-state index is 12.9. The predicted octanol–water partition coefficient (Wildman–Crippen LogP) is 3.71. The molecule has 3 rings (SSSR count). The minimum Gasteiger partial charge on any atom is -0.497 e. The number of amides is 1. The number of carbonyl (C=O) groups is 1. The number of methoxy groups -OCH3 is 2. The van der Waals surface area contributed by atoms with E-state index >= 15 is 0 Å². The number of fused-ring (bicyclic) bond motifs is 1. The summed E-state index contributed by atoms with van der Waals surface area (Å²) in [5.41, 5.74) is 2.25. The van der Waals surface area contributed by atoms with Crippen LogP contribution in [0.15, 0.2) is 42.5 Å². The fourth-order valence-corrected chi connectivity index (χ4v) is 2.88. The molecule has 2 aromatic carbocycles. The molecule has 0 spiro atoms. The summed E-state index contributed by atoms with van der Waals surface area (Å²) >= 11 is 0. The van der Waals surface area contributed by atoms with Gasteiger partial charge < -0.3 is 19.8 Å². The number of hydrogen-bond acceptors (Lipinski definition) is 4. The van der Waals surface area contributed by atoms with Gasteiger partial charge in [-0.25, -0.2) is 4.98 Å². The maximum absolute atomic E-state index is 12.9. The predicted molar refractivity (Wildman–Crippen MR) is 101 cm³/mol. The van der Waals surface area contributed by atoms with Gasteiger partial charge in [-0.3, -0.25) is 4.79 Å².